The number of pyridine rings is 1. The Morgan fingerprint density at radius 2 is 2.03 bits per heavy atom. The van der Waals surface area contributed by atoms with Gasteiger partial charge in [-0.05, 0) is 25.0 Å². The summed E-state index contributed by atoms with van der Waals surface area (Å²) in [4.78, 5) is 16.0. The zero-order valence-corrected chi connectivity index (χ0v) is 17.7. The number of nitrogens with one attached hydrogen (secondary N) is 2. The van der Waals surface area contributed by atoms with Gasteiger partial charge in [0.25, 0.3) is 0 Å². The average Bonchev–Trinajstić information content (AvgIpc) is 3.18. The van der Waals surface area contributed by atoms with Gasteiger partial charge in [0.05, 0.1) is 11.9 Å². The van der Waals surface area contributed by atoms with Crippen LogP contribution >= 0.6 is 0 Å². The smallest absolute Gasteiger partial charge is 0.320 e. The van der Waals surface area contributed by atoms with Crippen LogP contribution in [0, 0.1) is 5.82 Å². The standard InChI is InChI=1S/C19H27FN6O3S/c1-2-26(16-6-4-3-5-7-16)30(28,29)13-11-21-19(27)23-17-10-12-25(24-17)18-9-8-15(20)14-22-18/h8-10,12,14,16H,2-7,11,13H2,1H3,(H2,21,23,24,27). The van der Waals surface area contributed by atoms with Crippen molar-refractivity contribution in [3.8, 4) is 5.82 Å². The van der Waals surface area contributed by atoms with E-state index in [0.717, 1.165) is 38.3 Å². The number of hydrogen-bond acceptors (Lipinski definition) is 5. The van der Waals surface area contributed by atoms with E-state index < -0.39 is 21.9 Å². The minimum atomic E-state index is -3.44. The maximum atomic E-state index is 13.0. The molecule has 2 amide bonds. The predicted octanol–water partition coefficient (Wildman–Crippen LogP) is 2.51. The van der Waals surface area contributed by atoms with Crippen molar-refractivity contribution in [2.75, 3.05) is 24.2 Å². The van der Waals surface area contributed by atoms with Gasteiger partial charge in [-0.1, -0.05) is 26.2 Å². The van der Waals surface area contributed by atoms with E-state index in [4.69, 9.17) is 0 Å². The van der Waals surface area contributed by atoms with Gasteiger partial charge in [0.2, 0.25) is 10.0 Å². The van der Waals surface area contributed by atoms with Crippen molar-refractivity contribution in [1.82, 2.24) is 24.4 Å². The second-order valence-corrected chi connectivity index (χ2v) is 9.21. The number of carbonyl (C=O) groups excluding carboxylic acids is 1. The number of halogens is 1. The molecule has 0 bridgehead atoms. The number of sulfonamides is 1. The predicted molar refractivity (Wildman–Crippen MR) is 111 cm³/mol. The third-order valence-electron chi connectivity index (χ3n) is 5.07. The Balaban J connectivity index is 1.49. The van der Waals surface area contributed by atoms with Gasteiger partial charge in [0.15, 0.2) is 11.6 Å². The van der Waals surface area contributed by atoms with E-state index in [2.05, 4.69) is 20.7 Å². The second kappa shape index (κ2) is 9.98. The van der Waals surface area contributed by atoms with Crippen molar-refractivity contribution >= 4 is 21.9 Å². The molecule has 0 unspecified atom stereocenters. The molecule has 30 heavy (non-hydrogen) atoms. The number of hydrogen-bond donors (Lipinski definition) is 2. The molecular weight excluding hydrogens is 411 g/mol. The lowest BCUT2D eigenvalue weighted by Crippen LogP contribution is -2.44. The highest BCUT2D eigenvalue weighted by molar-refractivity contribution is 7.89. The van der Waals surface area contributed by atoms with Gasteiger partial charge in [0, 0.05) is 31.4 Å². The molecule has 0 saturated heterocycles. The largest absolute Gasteiger partial charge is 0.337 e. The minimum absolute atomic E-state index is 0.00237. The van der Waals surface area contributed by atoms with Crippen LogP contribution in [0.5, 0.6) is 0 Å². The van der Waals surface area contributed by atoms with Crippen LogP contribution in [-0.4, -0.2) is 58.4 Å². The average molecular weight is 439 g/mol. The first-order valence-electron chi connectivity index (χ1n) is 10.1. The highest BCUT2D eigenvalue weighted by Crippen LogP contribution is 2.24. The number of aromatic nitrogens is 3. The van der Waals surface area contributed by atoms with Crippen LogP contribution in [0.3, 0.4) is 0 Å². The summed E-state index contributed by atoms with van der Waals surface area (Å²) < 4.78 is 41.3. The van der Waals surface area contributed by atoms with Crippen LogP contribution in [0.2, 0.25) is 0 Å². The normalized spacial score (nSPS) is 15.3. The van der Waals surface area contributed by atoms with Crippen molar-refractivity contribution < 1.29 is 17.6 Å². The molecular formula is C19H27FN6O3S. The molecule has 3 rings (SSSR count). The summed E-state index contributed by atoms with van der Waals surface area (Å²) in [6, 6.07) is 3.79. The zero-order chi connectivity index (χ0) is 21.6. The SMILES string of the molecule is CCN(C1CCCCC1)S(=O)(=O)CCNC(=O)Nc1ccn(-c2ccc(F)cn2)n1. The molecule has 2 N–H and O–H groups in total. The van der Waals surface area contributed by atoms with Gasteiger partial charge in [0.1, 0.15) is 5.82 Å². The fraction of sp³-hybridized carbons (Fsp3) is 0.526. The molecule has 164 valence electrons. The summed E-state index contributed by atoms with van der Waals surface area (Å²) >= 11 is 0. The Morgan fingerprint density at radius 3 is 2.70 bits per heavy atom. The molecule has 1 aliphatic carbocycles. The zero-order valence-electron chi connectivity index (χ0n) is 16.9. The Bertz CT molecular complexity index is 941. The maximum absolute atomic E-state index is 13.0. The number of nitrogens with zero attached hydrogens (tertiary/aromatic N) is 4. The molecule has 0 aliphatic heterocycles. The third kappa shape index (κ3) is 5.76. The summed E-state index contributed by atoms with van der Waals surface area (Å²) in [5, 5.41) is 9.24. The van der Waals surface area contributed by atoms with E-state index in [1.807, 2.05) is 6.92 Å². The number of anilines is 1. The van der Waals surface area contributed by atoms with Crippen molar-refractivity contribution in [2.45, 2.75) is 45.1 Å². The van der Waals surface area contributed by atoms with Gasteiger partial charge in [-0.2, -0.15) is 4.31 Å². The molecule has 0 spiro atoms. The lowest BCUT2D eigenvalue weighted by atomic mass is 9.95. The van der Waals surface area contributed by atoms with Crippen LogP contribution < -0.4 is 10.6 Å². The molecule has 2 aromatic heterocycles. The molecule has 1 fully saturated rings. The topological polar surface area (TPSA) is 109 Å². The van der Waals surface area contributed by atoms with E-state index >= 15 is 0 Å². The molecule has 0 aromatic carbocycles. The summed E-state index contributed by atoms with van der Waals surface area (Å²) in [7, 11) is -3.44. The highest BCUT2D eigenvalue weighted by Gasteiger charge is 2.29. The Morgan fingerprint density at radius 1 is 1.27 bits per heavy atom. The Hall–Kier alpha value is -2.53. The van der Waals surface area contributed by atoms with Crippen molar-refractivity contribution in [2.24, 2.45) is 0 Å². The molecule has 2 aromatic rings. The summed E-state index contributed by atoms with van der Waals surface area (Å²) in [6.45, 7) is 2.28. The van der Waals surface area contributed by atoms with Crippen LogP contribution in [0.25, 0.3) is 5.82 Å². The number of amides is 2. The van der Waals surface area contributed by atoms with Crippen molar-refractivity contribution in [3.05, 3.63) is 36.4 Å². The molecule has 0 radical (unpaired) electrons. The first-order chi connectivity index (χ1) is 14.4. The summed E-state index contributed by atoms with van der Waals surface area (Å²) in [5.74, 6) is 0.0551. The van der Waals surface area contributed by atoms with Crippen LogP contribution in [0.1, 0.15) is 39.0 Å². The summed E-state index contributed by atoms with van der Waals surface area (Å²) in [6.07, 6.45) is 7.70. The van der Waals surface area contributed by atoms with Gasteiger partial charge in [-0.15, -0.1) is 5.10 Å². The maximum Gasteiger partial charge on any atom is 0.320 e. The number of rotatable bonds is 8. The lowest BCUT2D eigenvalue weighted by molar-refractivity contribution is 0.252. The van der Waals surface area contributed by atoms with Crippen molar-refractivity contribution in [3.63, 3.8) is 0 Å². The number of urea groups is 1. The van der Waals surface area contributed by atoms with Gasteiger partial charge in [-0.3, -0.25) is 5.32 Å². The molecule has 1 aliphatic rings. The molecule has 2 heterocycles. The monoisotopic (exact) mass is 438 g/mol. The van der Waals surface area contributed by atoms with Crippen LogP contribution in [0.15, 0.2) is 30.6 Å². The van der Waals surface area contributed by atoms with Crippen molar-refractivity contribution in [1.29, 1.82) is 0 Å². The quantitative estimate of drug-likeness (QED) is 0.658. The van der Waals surface area contributed by atoms with Gasteiger partial charge < -0.3 is 5.32 Å². The first-order valence-corrected chi connectivity index (χ1v) is 11.7. The molecule has 0 atom stereocenters. The fourth-order valence-electron chi connectivity index (χ4n) is 3.64. The lowest BCUT2D eigenvalue weighted by Gasteiger charge is -2.32. The number of carbonyl (C=O) groups is 1. The first kappa shape index (κ1) is 22.2. The van der Waals surface area contributed by atoms with Crippen LogP contribution in [-0.2, 0) is 10.0 Å². The van der Waals surface area contributed by atoms with Crippen LogP contribution in [0.4, 0.5) is 15.0 Å². The van der Waals surface area contributed by atoms with E-state index in [9.17, 15) is 17.6 Å². The fourth-order valence-corrected chi connectivity index (χ4v) is 5.30. The van der Waals surface area contributed by atoms with E-state index in [1.54, 1.807) is 16.6 Å². The summed E-state index contributed by atoms with van der Waals surface area (Å²) in [5.41, 5.74) is 0. The second-order valence-electron chi connectivity index (χ2n) is 7.17. The van der Waals surface area contributed by atoms with Gasteiger partial charge in [-0.25, -0.2) is 27.3 Å². The third-order valence-corrected chi connectivity index (χ3v) is 7.06. The highest BCUT2D eigenvalue weighted by atomic mass is 32.2. The van der Waals surface area contributed by atoms with E-state index in [-0.39, 0.29) is 24.2 Å². The molecule has 11 heteroatoms. The molecule has 9 nitrogen and oxygen atoms in total. The minimum Gasteiger partial charge on any atom is -0.337 e. The van der Waals surface area contributed by atoms with E-state index in [0.29, 0.717) is 12.4 Å². The Labute approximate surface area is 175 Å². The van der Waals surface area contributed by atoms with Gasteiger partial charge >= 0.3 is 6.03 Å². The Kier molecular flexibility index (Phi) is 7.38. The molecule has 1 saturated carbocycles. The van der Waals surface area contributed by atoms with E-state index in [1.165, 1.54) is 16.8 Å².